The summed E-state index contributed by atoms with van der Waals surface area (Å²) in [6, 6.07) is 9.83. The van der Waals surface area contributed by atoms with E-state index < -0.39 is 0 Å². The summed E-state index contributed by atoms with van der Waals surface area (Å²) in [7, 11) is 0. The molecule has 0 radical (unpaired) electrons. The van der Waals surface area contributed by atoms with Crippen molar-refractivity contribution in [3.05, 3.63) is 52.5 Å². The minimum absolute atomic E-state index is 0.0211. The summed E-state index contributed by atoms with van der Waals surface area (Å²) in [4.78, 5) is 0. The first-order valence-corrected chi connectivity index (χ1v) is 7.41. The number of rotatable bonds is 3. The first-order chi connectivity index (χ1) is 11.0. The summed E-state index contributed by atoms with van der Waals surface area (Å²) in [6.07, 6.45) is 0.0211. The van der Waals surface area contributed by atoms with Gasteiger partial charge in [-0.3, -0.25) is 5.10 Å². The lowest BCUT2D eigenvalue weighted by molar-refractivity contribution is 0.239. The van der Waals surface area contributed by atoms with Crippen molar-refractivity contribution in [3.8, 4) is 17.7 Å². The number of ether oxygens (including phenoxy) is 2. The molecule has 6 heteroatoms. The molecule has 0 spiro atoms. The number of nitriles is 1. The molecule has 2 aromatic rings. The predicted molar refractivity (Wildman–Crippen MR) is 84.8 cm³/mol. The Morgan fingerprint density at radius 3 is 2.83 bits per heavy atom. The summed E-state index contributed by atoms with van der Waals surface area (Å²) in [5.74, 6) is 0.846. The molecule has 0 amide bonds. The topological polar surface area (TPSA) is 97.0 Å². The molecule has 118 valence electrons. The Labute approximate surface area is 134 Å². The molecular weight excluding hydrogens is 292 g/mol. The van der Waals surface area contributed by atoms with E-state index in [1.54, 1.807) is 0 Å². The van der Waals surface area contributed by atoms with Gasteiger partial charge in [0.25, 0.3) is 0 Å². The van der Waals surface area contributed by atoms with Crippen LogP contribution in [-0.2, 0) is 0 Å². The van der Waals surface area contributed by atoms with Crippen LogP contribution in [0.3, 0.4) is 0 Å². The smallest absolute Gasteiger partial charge is 0.244 e. The van der Waals surface area contributed by atoms with Gasteiger partial charge in [0.1, 0.15) is 17.4 Å². The van der Waals surface area contributed by atoms with Crippen LogP contribution in [0.2, 0.25) is 0 Å². The zero-order chi connectivity index (χ0) is 16.6. The first-order valence-electron chi connectivity index (χ1n) is 7.41. The largest absolute Gasteiger partial charge is 0.491 e. The van der Waals surface area contributed by atoms with E-state index in [9.17, 15) is 5.26 Å². The van der Waals surface area contributed by atoms with Crippen molar-refractivity contribution >= 4 is 0 Å². The van der Waals surface area contributed by atoms with Crippen LogP contribution in [0.5, 0.6) is 11.6 Å². The molecule has 3 N–H and O–H groups in total. The van der Waals surface area contributed by atoms with Gasteiger partial charge in [-0.2, -0.15) is 5.26 Å². The standard InChI is InChI=1S/C17H18N4O2/c1-9(2)22-13-7-5-4-6-11(13)15-12(8-18)16(19)23-17-14(15)10(3)20-21-17/h4-7,9,15H,19H2,1-3H3,(H,20,21)/t15-/m1/s1. The fourth-order valence-corrected chi connectivity index (χ4v) is 2.79. The average Bonchev–Trinajstić information content (AvgIpc) is 2.87. The number of nitrogens with two attached hydrogens (primary N) is 1. The molecule has 0 saturated carbocycles. The van der Waals surface area contributed by atoms with Crippen LogP contribution in [0.1, 0.15) is 36.6 Å². The monoisotopic (exact) mass is 310 g/mol. The van der Waals surface area contributed by atoms with E-state index >= 15 is 0 Å². The predicted octanol–water partition coefficient (Wildman–Crippen LogP) is 2.72. The fourth-order valence-electron chi connectivity index (χ4n) is 2.79. The zero-order valence-corrected chi connectivity index (χ0v) is 13.3. The Morgan fingerprint density at radius 2 is 2.13 bits per heavy atom. The van der Waals surface area contributed by atoms with Crippen molar-refractivity contribution in [3.63, 3.8) is 0 Å². The molecule has 23 heavy (non-hydrogen) atoms. The van der Waals surface area contributed by atoms with Gasteiger partial charge in [0.05, 0.1) is 12.0 Å². The second-order valence-corrected chi connectivity index (χ2v) is 5.70. The molecule has 1 aromatic carbocycles. The molecule has 3 rings (SSSR count). The van der Waals surface area contributed by atoms with Crippen LogP contribution in [0, 0.1) is 18.3 Å². The zero-order valence-electron chi connectivity index (χ0n) is 13.3. The molecule has 1 aliphatic heterocycles. The van der Waals surface area contributed by atoms with Crippen LogP contribution in [-0.4, -0.2) is 16.3 Å². The number of allylic oxidation sites excluding steroid dienone is 1. The SMILES string of the molecule is Cc1[nH]nc2c1[C@H](c1ccccc1OC(C)C)C(C#N)=C(N)O2. The Kier molecular flexibility index (Phi) is 3.70. The van der Waals surface area contributed by atoms with E-state index in [1.807, 2.05) is 45.0 Å². The molecule has 2 heterocycles. The number of para-hydroxylation sites is 1. The Bertz CT molecular complexity index is 814. The average molecular weight is 310 g/mol. The maximum absolute atomic E-state index is 9.58. The van der Waals surface area contributed by atoms with Crippen molar-refractivity contribution in [2.75, 3.05) is 0 Å². The number of hydrogen-bond acceptors (Lipinski definition) is 5. The number of fused-ring (bicyclic) bond motifs is 1. The molecule has 6 nitrogen and oxygen atoms in total. The highest BCUT2D eigenvalue weighted by Crippen LogP contribution is 2.45. The second-order valence-electron chi connectivity index (χ2n) is 5.70. The van der Waals surface area contributed by atoms with E-state index in [1.165, 1.54) is 0 Å². The van der Waals surface area contributed by atoms with Gasteiger partial charge in [-0.15, -0.1) is 5.10 Å². The minimum Gasteiger partial charge on any atom is -0.491 e. The highest BCUT2D eigenvalue weighted by Gasteiger charge is 2.35. The van der Waals surface area contributed by atoms with Gasteiger partial charge in [0.2, 0.25) is 11.8 Å². The molecule has 0 bridgehead atoms. The van der Waals surface area contributed by atoms with Gasteiger partial charge in [0.15, 0.2) is 0 Å². The van der Waals surface area contributed by atoms with Gasteiger partial charge in [0, 0.05) is 16.8 Å². The van der Waals surface area contributed by atoms with E-state index in [2.05, 4.69) is 16.3 Å². The van der Waals surface area contributed by atoms with Crippen molar-refractivity contribution in [1.29, 1.82) is 5.26 Å². The van der Waals surface area contributed by atoms with Crippen LogP contribution in [0.25, 0.3) is 0 Å². The van der Waals surface area contributed by atoms with Gasteiger partial charge in [-0.05, 0) is 26.8 Å². The van der Waals surface area contributed by atoms with Crippen LogP contribution < -0.4 is 15.2 Å². The maximum Gasteiger partial charge on any atom is 0.244 e. The van der Waals surface area contributed by atoms with Gasteiger partial charge in [-0.1, -0.05) is 18.2 Å². The second kappa shape index (κ2) is 5.69. The third kappa shape index (κ3) is 2.50. The summed E-state index contributed by atoms with van der Waals surface area (Å²) in [5, 5.41) is 16.6. The number of nitrogens with one attached hydrogen (secondary N) is 1. The number of aromatic amines is 1. The highest BCUT2D eigenvalue weighted by molar-refractivity contribution is 5.57. The molecule has 1 aliphatic rings. The molecule has 0 fully saturated rings. The molecule has 0 unspecified atom stereocenters. The van der Waals surface area contributed by atoms with Crippen LogP contribution in [0.4, 0.5) is 0 Å². The maximum atomic E-state index is 9.58. The number of aryl methyl sites for hydroxylation is 1. The van der Waals surface area contributed by atoms with E-state index in [4.69, 9.17) is 15.2 Å². The third-order valence-corrected chi connectivity index (χ3v) is 3.72. The lowest BCUT2D eigenvalue weighted by Gasteiger charge is -2.25. The molecule has 0 saturated heterocycles. The molecular formula is C17H18N4O2. The van der Waals surface area contributed by atoms with Gasteiger partial charge in [-0.25, -0.2) is 0 Å². The van der Waals surface area contributed by atoms with E-state index in [-0.39, 0.29) is 17.9 Å². The molecule has 0 aliphatic carbocycles. The summed E-state index contributed by atoms with van der Waals surface area (Å²) in [6.45, 7) is 5.82. The normalized spacial score (nSPS) is 16.7. The van der Waals surface area contributed by atoms with E-state index in [0.717, 1.165) is 22.6 Å². The Morgan fingerprint density at radius 1 is 1.39 bits per heavy atom. The van der Waals surface area contributed by atoms with Crippen molar-refractivity contribution in [1.82, 2.24) is 10.2 Å². The quantitative estimate of drug-likeness (QED) is 0.908. The number of H-pyrrole nitrogens is 1. The Hall–Kier alpha value is -2.94. The molecule has 1 atom stereocenters. The lowest BCUT2D eigenvalue weighted by atomic mass is 9.83. The van der Waals surface area contributed by atoms with Crippen LogP contribution >= 0.6 is 0 Å². The number of hydrogen-bond donors (Lipinski definition) is 2. The van der Waals surface area contributed by atoms with Gasteiger partial charge >= 0.3 is 0 Å². The highest BCUT2D eigenvalue weighted by atomic mass is 16.5. The molecule has 1 aromatic heterocycles. The fraction of sp³-hybridized carbons (Fsp3) is 0.294. The number of benzene rings is 1. The van der Waals surface area contributed by atoms with Crippen molar-refractivity contribution in [2.24, 2.45) is 5.73 Å². The summed E-state index contributed by atoms with van der Waals surface area (Å²) < 4.78 is 11.4. The first kappa shape index (κ1) is 15.0. The van der Waals surface area contributed by atoms with Crippen molar-refractivity contribution < 1.29 is 9.47 Å². The summed E-state index contributed by atoms with van der Waals surface area (Å²) in [5.41, 5.74) is 8.82. The lowest BCUT2D eigenvalue weighted by Crippen LogP contribution is -2.21. The minimum atomic E-state index is -0.363. The Balaban J connectivity index is 2.22. The van der Waals surface area contributed by atoms with Gasteiger partial charge < -0.3 is 15.2 Å². The number of aromatic nitrogens is 2. The number of nitrogens with zero attached hydrogens (tertiary/aromatic N) is 2. The third-order valence-electron chi connectivity index (χ3n) is 3.72. The van der Waals surface area contributed by atoms with E-state index in [0.29, 0.717) is 11.5 Å². The van der Waals surface area contributed by atoms with Crippen molar-refractivity contribution in [2.45, 2.75) is 32.8 Å². The summed E-state index contributed by atoms with van der Waals surface area (Å²) >= 11 is 0. The van der Waals surface area contributed by atoms with Crippen LogP contribution in [0.15, 0.2) is 35.7 Å².